The molecule has 0 saturated carbocycles. The fourth-order valence-corrected chi connectivity index (χ4v) is 2.96. The smallest absolute Gasteiger partial charge is 0.161 e. The van der Waals surface area contributed by atoms with Crippen LogP contribution in [0, 0.1) is 0 Å². The van der Waals surface area contributed by atoms with Crippen molar-refractivity contribution in [2.45, 2.75) is 31.7 Å². The molecule has 4 heteroatoms. The summed E-state index contributed by atoms with van der Waals surface area (Å²) in [6, 6.07) is 4.87. The van der Waals surface area contributed by atoms with Crippen molar-refractivity contribution < 1.29 is 9.47 Å². The molecule has 1 atom stereocenters. The van der Waals surface area contributed by atoms with Gasteiger partial charge in [-0.25, -0.2) is 0 Å². The molecule has 0 aliphatic heterocycles. The Balaban J connectivity index is 2.13. The van der Waals surface area contributed by atoms with Crippen molar-refractivity contribution in [3.8, 4) is 11.5 Å². The number of fused-ring (bicyclic) bond motifs is 1. The van der Waals surface area contributed by atoms with Crippen molar-refractivity contribution in [3.05, 3.63) is 23.3 Å². The summed E-state index contributed by atoms with van der Waals surface area (Å²) >= 11 is 0. The predicted molar refractivity (Wildman–Crippen MR) is 81.7 cm³/mol. The first-order chi connectivity index (χ1) is 9.69. The van der Waals surface area contributed by atoms with E-state index < -0.39 is 0 Å². The molecule has 112 valence electrons. The number of aryl methyl sites for hydroxylation is 1. The van der Waals surface area contributed by atoms with E-state index in [0.717, 1.165) is 43.9 Å². The van der Waals surface area contributed by atoms with Gasteiger partial charge in [0.1, 0.15) is 0 Å². The second-order valence-electron chi connectivity index (χ2n) is 5.50. The van der Waals surface area contributed by atoms with Crippen molar-refractivity contribution in [1.29, 1.82) is 0 Å². The van der Waals surface area contributed by atoms with Gasteiger partial charge in [0.25, 0.3) is 0 Å². The van der Waals surface area contributed by atoms with E-state index in [1.807, 2.05) is 0 Å². The van der Waals surface area contributed by atoms with Crippen LogP contribution in [0.5, 0.6) is 11.5 Å². The molecule has 0 amide bonds. The van der Waals surface area contributed by atoms with Crippen molar-refractivity contribution in [2.24, 2.45) is 5.73 Å². The molecule has 1 aliphatic rings. The highest BCUT2D eigenvalue weighted by Crippen LogP contribution is 2.34. The van der Waals surface area contributed by atoms with Crippen LogP contribution in [0.3, 0.4) is 0 Å². The molecule has 1 aliphatic carbocycles. The monoisotopic (exact) mass is 278 g/mol. The van der Waals surface area contributed by atoms with Gasteiger partial charge in [0, 0.05) is 6.04 Å². The lowest BCUT2D eigenvalue weighted by molar-refractivity contribution is 0.220. The van der Waals surface area contributed by atoms with Crippen LogP contribution in [0.4, 0.5) is 0 Å². The van der Waals surface area contributed by atoms with Crippen molar-refractivity contribution in [2.75, 3.05) is 34.4 Å². The van der Waals surface area contributed by atoms with Crippen LogP contribution in [0.25, 0.3) is 0 Å². The van der Waals surface area contributed by atoms with Gasteiger partial charge in [-0.15, -0.1) is 0 Å². The molecule has 4 nitrogen and oxygen atoms in total. The second-order valence-corrected chi connectivity index (χ2v) is 5.50. The topological polar surface area (TPSA) is 47.7 Å². The number of methoxy groups -OCH3 is 2. The lowest BCUT2D eigenvalue weighted by atomic mass is 9.87. The predicted octanol–water partition coefficient (Wildman–Crippen LogP) is 1.84. The molecule has 1 aromatic rings. The highest BCUT2D eigenvalue weighted by molar-refractivity contribution is 5.48. The van der Waals surface area contributed by atoms with Gasteiger partial charge in [0.15, 0.2) is 11.5 Å². The minimum absolute atomic E-state index is 0.604. The Kier molecular flexibility index (Phi) is 5.26. The van der Waals surface area contributed by atoms with E-state index in [4.69, 9.17) is 15.2 Å². The normalized spacial score (nSPS) is 17.9. The highest BCUT2D eigenvalue weighted by Gasteiger charge is 2.23. The van der Waals surface area contributed by atoms with E-state index >= 15 is 0 Å². The van der Waals surface area contributed by atoms with Crippen LogP contribution in [0.2, 0.25) is 0 Å². The third-order valence-electron chi connectivity index (χ3n) is 4.25. The number of likely N-dealkylation sites (N-methyl/N-ethyl adjacent to an activating group) is 1. The molecule has 0 fully saturated rings. The fourth-order valence-electron chi connectivity index (χ4n) is 2.96. The van der Waals surface area contributed by atoms with Gasteiger partial charge in [0.05, 0.1) is 14.2 Å². The lowest BCUT2D eigenvalue weighted by Crippen LogP contribution is -2.37. The summed E-state index contributed by atoms with van der Waals surface area (Å²) in [4.78, 5) is 2.44. The van der Waals surface area contributed by atoms with Gasteiger partial charge < -0.3 is 20.1 Å². The lowest BCUT2D eigenvalue weighted by Gasteiger charge is -2.32. The number of hydrogen-bond acceptors (Lipinski definition) is 4. The maximum atomic E-state index is 5.60. The van der Waals surface area contributed by atoms with Gasteiger partial charge in [-0.05, 0) is 69.1 Å². The summed E-state index contributed by atoms with van der Waals surface area (Å²) < 4.78 is 10.8. The van der Waals surface area contributed by atoms with Gasteiger partial charge >= 0.3 is 0 Å². The zero-order valence-corrected chi connectivity index (χ0v) is 12.8. The maximum absolute atomic E-state index is 5.60. The Labute approximate surface area is 121 Å². The minimum atomic E-state index is 0.604. The number of hydrogen-bond donors (Lipinski definition) is 1. The SMILES string of the molecule is COc1cc2c(cc1OC)CC(N(C)CCCN)CC2. The van der Waals surface area contributed by atoms with E-state index in [0.29, 0.717) is 6.04 Å². The van der Waals surface area contributed by atoms with Gasteiger partial charge in [-0.3, -0.25) is 0 Å². The number of nitrogens with zero attached hydrogens (tertiary/aromatic N) is 1. The maximum Gasteiger partial charge on any atom is 0.161 e. The zero-order chi connectivity index (χ0) is 14.5. The van der Waals surface area contributed by atoms with Crippen LogP contribution in [-0.2, 0) is 12.8 Å². The Hall–Kier alpha value is -1.26. The summed E-state index contributed by atoms with van der Waals surface area (Å²) in [5, 5.41) is 0. The first-order valence-electron chi connectivity index (χ1n) is 7.33. The summed E-state index contributed by atoms with van der Waals surface area (Å²) in [5.74, 6) is 1.66. The van der Waals surface area contributed by atoms with E-state index in [9.17, 15) is 0 Å². The third kappa shape index (κ3) is 3.25. The van der Waals surface area contributed by atoms with Crippen LogP contribution < -0.4 is 15.2 Å². The Morgan fingerprint density at radius 2 is 1.85 bits per heavy atom. The standard InChI is InChI=1S/C16H26N2O2/c1-18(8-4-7-17)14-6-5-12-10-15(19-2)16(20-3)11-13(12)9-14/h10-11,14H,4-9,17H2,1-3H3. The van der Waals surface area contributed by atoms with Crippen LogP contribution in [0.1, 0.15) is 24.0 Å². The Morgan fingerprint density at radius 3 is 2.45 bits per heavy atom. The van der Waals surface area contributed by atoms with E-state index in [2.05, 4.69) is 24.1 Å². The fraction of sp³-hybridized carbons (Fsp3) is 0.625. The molecular formula is C16H26N2O2. The molecule has 0 saturated heterocycles. The molecule has 1 unspecified atom stereocenters. The van der Waals surface area contributed by atoms with Crippen molar-refractivity contribution in [3.63, 3.8) is 0 Å². The second kappa shape index (κ2) is 6.95. The summed E-state index contributed by atoms with van der Waals surface area (Å²) in [5.41, 5.74) is 8.38. The number of ether oxygens (including phenoxy) is 2. The molecule has 0 aromatic heterocycles. The van der Waals surface area contributed by atoms with Crippen LogP contribution in [-0.4, -0.2) is 45.3 Å². The molecular weight excluding hydrogens is 252 g/mol. The van der Waals surface area contributed by atoms with E-state index in [1.165, 1.54) is 17.5 Å². The number of rotatable bonds is 6. The van der Waals surface area contributed by atoms with Crippen molar-refractivity contribution >= 4 is 0 Å². The van der Waals surface area contributed by atoms with Crippen LogP contribution in [0.15, 0.2) is 12.1 Å². The quantitative estimate of drug-likeness (QED) is 0.862. The molecule has 0 spiro atoms. The number of benzene rings is 1. The molecule has 20 heavy (non-hydrogen) atoms. The first-order valence-corrected chi connectivity index (χ1v) is 7.33. The molecule has 0 bridgehead atoms. The summed E-state index contributed by atoms with van der Waals surface area (Å²) in [6.45, 7) is 1.84. The first kappa shape index (κ1) is 15.1. The molecule has 2 N–H and O–H groups in total. The van der Waals surface area contributed by atoms with E-state index in [1.54, 1.807) is 14.2 Å². The molecule has 0 radical (unpaired) electrons. The minimum Gasteiger partial charge on any atom is -0.493 e. The van der Waals surface area contributed by atoms with Gasteiger partial charge in [0.2, 0.25) is 0 Å². The largest absolute Gasteiger partial charge is 0.493 e. The van der Waals surface area contributed by atoms with E-state index in [-0.39, 0.29) is 0 Å². The highest BCUT2D eigenvalue weighted by atomic mass is 16.5. The summed E-state index contributed by atoms with van der Waals surface area (Å²) in [7, 11) is 5.58. The number of nitrogens with two attached hydrogens (primary N) is 1. The van der Waals surface area contributed by atoms with Crippen molar-refractivity contribution in [1.82, 2.24) is 4.90 Å². The zero-order valence-electron chi connectivity index (χ0n) is 12.8. The van der Waals surface area contributed by atoms with Gasteiger partial charge in [-0.2, -0.15) is 0 Å². The third-order valence-corrected chi connectivity index (χ3v) is 4.25. The Bertz CT molecular complexity index is 448. The Morgan fingerprint density at radius 1 is 1.20 bits per heavy atom. The molecule has 1 aromatic carbocycles. The molecule has 0 heterocycles. The van der Waals surface area contributed by atoms with Gasteiger partial charge in [-0.1, -0.05) is 0 Å². The average Bonchev–Trinajstić information content (AvgIpc) is 2.50. The molecule has 2 rings (SSSR count). The summed E-state index contributed by atoms with van der Waals surface area (Å²) in [6.07, 6.45) is 4.44. The van der Waals surface area contributed by atoms with Crippen LogP contribution >= 0.6 is 0 Å². The average molecular weight is 278 g/mol.